The van der Waals surface area contributed by atoms with Crippen LogP contribution in [0.4, 0.5) is 0 Å². The van der Waals surface area contributed by atoms with Crippen LogP contribution in [0.3, 0.4) is 0 Å². The number of amides is 1. The molecular weight excluding hydrogens is 230 g/mol. The molecule has 1 unspecified atom stereocenters. The summed E-state index contributed by atoms with van der Waals surface area (Å²) in [6.45, 7) is 7.60. The molecule has 0 bridgehead atoms. The number of carboxylic acids is 1. The van der Waals surface area contributed by atoms with Gasteiger partial charge in [-0.1, -0.05) is 20.8 Å². The Morgan fingerprint density at radius 3 is 2.06 bits per heavy atom. The van der Waals surface area contributed by atoms with Gasteiger partial charge in [-0.15, -0.1) is 0 Å². The lowest BCUT2D eigenvalue weighted by Gasteiger charge is -2.26. The Morgan fingerprint density at radius 1 is 1.11 bits per heavy atom. The summed E-state index contributed by atoms with van der Waals surface area (Å²) in [5.74, 6) is -1.22. The standard InChI is InChI=1S/C14H25NO3/c1-4-6-15(7-5-2)13(16)11-8-10(3)9-12(11)14(17)18/h10-12H,4-9H2,1-3H3,(H,17,18)/t10?,11-,12+/m0/s1. The third kappa shape index (κ3) is 3.47. The van der Waals surface area contributed by atoms with Crippen molar-refractivity contribution >= 4 is 11.9 Å². The molecule has 1 aliphatic rings. The Labute approximate surface area is 109 Å². The first-order chi connectivity index (χ1) is 8.51. The predicted molar refractivity (Wildman–Crippen MR) is 70.2 cm³/mol. The number of carbonyl (C=O) groups is 2. The van der Waals surface area contributed by atoms with Crippen LogP contribution in [0.2, 0.25) is 0 Å². The van der Waals surface area contributed by atoms with E-state index in [1.54, 1.807) is 0 Å². The summed E-state index contributed by atoms with van der Waals surface area (Å²) in [6.07, 6.45) is 3.20. The minimum Gasteiger partial charge on any atom is -0.481 e. The van der Waals surface area contributed by atoms with E-state index in [0.29, 0.717) is 12.3 Å². The van der Waals surface area contributed by atoms with Crippen molar-refractivity contribution in [3.8, 4) is 0 Å². The molecule has 0 aromatic rings. The van der Waals surface area contributed by atoms with Gasteiger partial charge in [0.15, 0.2) is 0 Å². The summed E-state index contributed by atoms with van der Waals surface area (Å²) in [4.78, 5) is 25.5. The zero-order valence-corrected chi connectivity index (χ0v) is 11.7. The van der Waals surface area contributed by atoms with Crippen LogP contribution in [-0.2, 0) is 9.59 Å². The molecule has 104 valence electrons. The molecule has 0 aliphatic heterocycles. The maximum atomic E-state index is 12.4. The topological polar surface area (TPSA) is 57.6 Å². The number of hydrogen-bond donors (Lipinski definition) is 1. The van der Waals surface area contributed by atoms with Crippen molar-refractivity contribution in [2.24, 2.45) is 17.8 Å². The number of hydrogen-bond acceptors (Lipinski definition) is 2. The van der Waals surface area contributed by atoms with Crippen LogP contribution in [0.5, 0.6) is 0 Å². The Morgan fingerprint density at radius 2 is 1.61 bits per heavy atom. The average molecular weight is 255 g/mol. The van der Waals surface area contributed by atoms with Crippen LogP contribution in [0.1, 0.15) is 46.5 Å². The first kappa shape index (κ1) is 15.0. The molecule has 3 atom stereocenters. The highest BCUT2D eigenvalue weighted by molar-refractivity contribution is 5.85. The van der Waals surface area contributed by atoms with E-state index in [4.69, 9.17) is 0 Å². The Bertz CT molecular complexity index is 297. The fourth-order valence-electron chi connectivity index (χ4n) is 2.94. The molecule has 4 heteroatoms. The van der Waals surface area contributed by atoms with Gasteiger partial charge in [0.25, 0.3) is 0 Å². The second-order valence-electron chi connectivity index (χ2n) is 5.45. The van der Waals surface area contributed by atoms with E-state index in [-0.39, 0.29) is 11.8 Å². The summed E-state index contributed by atoms with van der Waals surface area (Å²) in [6, 6.07) is 0. The fraction of sp³-hybridized carbons (Fsp3) is 0.857. The van der Waals surface area contributed by atoms with Crippen LogP contribution in [0, 0.1) is 17.8 Å². The Hall–Kier alpha value is -1.06. The lowest BCUT2D eigenvalue weighted by Crippen LogP contribution is -2.40. The van der Waals surface area contributed by atoms with Crippen LogP contribution in [0.15, 0.2) is 0 Å². The van der Waals surface area contributed by atoms with E-state index in [9.17, 15) is 14.7 Å². The quantitative estimate of drug-likeness (QED) is 0.792. The van der Waals surface area contributed by atoms with Gasteiger partial charge >= 0.3 is 5.97 Å². The normalized spacial score (nSPS) is 27.2. The van der Waals surface area contributed by atoms with Gasteiger partial charge in [-0.05, 0) is 31.6 Å². The molecular formula is C14H25NO3. The predicted octanol–water partition coefficient (Wildman–Crippen LogP) is 2.38. The van der Waals surface area contributed by atoms with E-state index in [2.05, 4.69) is 0 Å². The highest BCUT2D eigenvalue weighted by Gasteiger charge is 2.42. The SMILES string of the molecule is CCCN(CCC)C(=O)[C@H]1CC(C)C[C@H]1C(=O)O. The van der Waals surface area contributed by atoms with Crippen LogP contribution < -0.4 is 0 Å². The monoisotopic (exact) mass is 255 g/mol. The van der Waals surface area contributed by atoms with Gasteiger partial charge in [-0.2, -0.15) is 0 Å². The Balaban J connectivity index is 2.76. The molecule has 0 aromatic heterocycles. The molecule has 1 rings (SSSR count). The summed E-state index contributed by atoms with van der Waals surface area (Å²) < 4.78 is 0. The number of aliphatic carboxylic acids is 1. The zero-order chi connectivity index (χ0) is 13.7. The molecule has 1 N–H and O–H groups in total. The van der Waals surface area contributed by atoms with Gasteiger partial charge in [0.1, 0.15) is 0 Å². The second kappa shape index (κ2) is 6.76. The number of carboxylic acid groups (broad SMARTS) is 1. The third-order valence-electron chi connectivity index (χ3n) is 3.73. The van der Waals surface area contributed by atoms with E-state index in [0.717, 1.165) is 32.4 Å². The smallest absolute Gasteiger partial charge is 0.307 e. The van der Waals surface area contributed by atoms with Crippen molar-refractivity contribution in [1.82, 2.24) is 4.90 Å². The molecule has 0 saturated heterocycles. The molecule has 0 radical (unpaired) electrons. The van der Waals surface area contributed by atoms with Gasteiger partial charge < -0.3 is 10.0 Å². The van der Waals surface area contributed by atoms with Crippen molar-refractivity contribution in [1.29, 1.82) is 0 Å². The first-order valence-electron chi connectivity index (χ1n) is 7.02. The van der Waals surface area contributed by atoms with Gasteiger partial charge in [0, 0.05) is 13.1 Å². The van der Waals surface area contributed by atoms with E-state index in [1.165, 1.54) is 0 Å². The van der Waals surface area contributed by atoms with E-state index < -0.39 is 11.9 Å². The first-order valence-corrected chi connectivity index (χ1v) is 7.02. The lowest BCUT2D eigenvalue weighted by atomic mass is 9.94. The van der Waals surface area contributed by atoms with Gasteiger partial charge in [0.05, 0.1) is 11.8 Å². The zero-order valence-electron chi connectivity index (χ0n) is 11.7. The maximum Gasteiger partial charge on any atom is 0.307 e. The van der Waals surface area contributed by atoms with Crippen molar-refractivity contribution in [3.63, 3.8) is 0 Å². The van der Waals surface area contributed by atoms with Gasteiger partial charge in [-0.3, -0.25) is 9.59 Å². The van der Waals surface area contributed by atoms with Gasteiger partial charge in [-0.25, -0.2) is 0 Å². The average Bonchev–Trinajstić information content (AvgIpc) is 2.70. The van der Waals surface area contributed by atoms with Crippen LogP contribution in [0.25, 0.3) is 0 Å². The van der Waals surface area contributed by atoms with E-state index >= 15 is 0 Å². The molecule has 4 nitrogen and oxygen atoms in total. The lowest BCUT2D eigenvalue weighted by molar-refractivity contribution is -0.149. The van der Waals surface area contributed by atoms with Crippen molar-refractivity contribution in [2.75, 3.05) is 13.1 Å². The van der Waals surface area contributed by atoms with Gasteiger partial charge in [0.2, 0.25) is 5.91 Å². The molecule has 1 amide bonds. The van der Waals surface area contributed by atoms with Crippen molar-refractivity contribution < 1.29 is 14.7 Å². The summed E-state index contributed by atoms with van der Waals surface area (Å²) in [5.41, 5.74) is 0. The second-order valence-corrected chi connectivity index (χ2v) is 5.45. The number of rotatable bonds is 6. The highest BCUT2D eigenvalue weighted by atomic mass is 16.4. The van der Waals surface area contributed by atoms with Crippen molar-refractivity contribution in [3.05, 3.63) is 0 Å². The van der Waals surface area contributed by atoms with E-state index in [1.807, 2.05) is 25.7 Å². The number of nitrogens with zero attached hydrogens (tertiary/aromatic N) is 1. The third-order valence-corrected chi connectivity index (χ3v) is 3.73. The Kier molecular flexibility index (Phi) is 5.63. The van der Waals surface area contributed by atoms with Crippen LogP contribution >= 0.6 is 0 Å². The molecule has 1 fully saturated rings. The fourth-order valence-corrected chi connectivity index (χ4v) is 2.94. The summed E-state index contributed by atoms with van der Waals surface area (Å²) >= 11 is 0. The molecule has 1 aliphatic carbocycles. The molecule has 0 heterocycles. The summed E-state index contributed by atoms with van der Waals surface area (Å²) in [5, 5.41) is 9.22. The molecule has 0 spiro atoms. The highest BCUT2D eigenvalue weighted by Crippen LogP contribution is 2.37. The largest absolute Gasteiger partial charge is 0.481 e. The van der Waals surface area contributed by atoms with Crippen molar-refractivity contribution in [2.45, 2.75) is 46.5 Å². The van der Waals surface area contributed by atoms with Crippen LogP contribution in [-0.4, -0.2) is 35.0 Å². The molecule has 0 aromatic carbocycles. The minimum atomic E-state index is -0.814. The number of carbonyl (C=O) groups excluding carboxylic acids is 1. The minimum absolute atomic E-state index is 0.0513. The molecule has 1 saturated carbocycles. The maximum absolute atomic E-state index is 12.4. The summed E-state index contributed by atoms with van der Waals surface area (Å²) in [7, 11) is 0. The molecule has 18 heavy (non-hydrogen) atoms.